The molecular weight excluding hydrogens is 306 g/mol. The summed E-state index contributed by atoms with van der Waals surface area (Å²) in [6.07, 6.45) is -0.0435. The number of carbonyl (C=O) groups is 3. The van der Waals surface area contributed by atoms with Crippen LogP contribution in [0.25, 0.3) is 10.9 Å². The van der Waals surface area contributed by atoms with Crippen molar-refractivity contribution in [2.75, 3.05) is 0 Å². The van der Waals surface area contributed by atoms with Gasteiger partial charge < -0.3 is 5.32 Å². The lowest BCUT2D eigenvalue weighted by atomic mass is 9.85. The first kappa shape index (κ1) is 14.9. The molecule has 124 valence electrons. The van der Waals surface area contributed by atoms with Crippen LogP contribution in [0.15, 0.2) is 24.3 Å². The fourth-order valence-electron chi connectivity index (χ4n) is 3.98. The Kier molecular flexibility index (Phi) is 2.65. The Labute approximate surface area is 139 Å². The van der Waals surface area contributed by atoms with Gasteiger partial charge in [0.15, 0.2) is 5.54 Å². The highest BCUT2D eigenvalue weighted by atomic mass is 16.2. The molecule has 1 N–H and O–H groups in total. The molecule has 1 spiro atoms. The van der Waals surface area contributed by atoms with Crippen LogP contribution in [0.2, 0.25) is 0 Å². The summed E-state index contributed by atoms with van der Waals surface area (Å²) >= 11 is 0. The normalized spacial score (nSPS) is 23.5. The Hall–Kier alpha value is -2.63. The highest BCUT2D eigenvalue weighted by Gasteiger charge is 2.58. The lowest BCUT2D eigenvalue weighted by molar-refractivity contribution is -0.145. The molecule has 2 aliphatic rings. The summed E-state index contributed by atoms with van der Waals surface area (Å²) in [7, 11) is 0. The third kappa shape index (κ3) is 1.63. The molecule has 1 fully saturated rings. The van der Waals surface area contributed by atoms with E-state index >= 15 is 0 Å². The summed E-state index contributed by atoms with van der Waals surface area (Å²) in [4.78, 5) is 39.8. The second kappa shape index (κ2) is 4.26. The molecule has 1 unspecified atom stereocenters. The molecule has 24 heavy (non-hydrogen) atoms. The summed E-state index contributed by atoms with van der Waals surface area (Å²) in [5.74, 6) is -0.618. The molecule has 6 nitrogen and oxygen atoms in total. The van der Waals surface area contributed by atoms with Gasteiger partial charge in [0.1, 0.15) is 0 Å². The van der Waals surface area contributed by atoms with Crippen LogP contribution in [0, 0.1) is 6.92 Å². The first-order valence-electron chi connectivity index (χ1n) is 7.98. The predicted molar refractivity (Wildman–Crippen MR) is 88.5 cm³/mol. The molecule has 0 aliphatic carbocycles. The number of carbonyl (C=O) groups excluding carboxylic acids is 3. The minimum atomic E-state index is -1.30. The molecule has 2 aromatic rings. The Bertz CT molecular complexity index is 935. The Morgan fingerprint density at radius 3 is 2.50 bits per heavy atom. The molecule has 3 amide bonds. The van der Waals surface area contributed by atoms with Crippen molar-refractivity contribution < 1.29 is 14.4 Å². The first-order chi connectivity index (χ1) is 11.2. The summed E-state index contributed by atoms with van der Waals surface area (Å²) in [5.41, 5.74) is 0.274. The first-order valence-corrected chi connectivity index (χ1v) is 7.98. The number of nitrogens with one attached hydrogen (secondary N) is 1. The maximum Gasteiger partial charge on any atom is 0.327 e. The van der Waals surface area contributed by atoms with E-state index in [1.54, 1.807) is 4.57 Å². The van der Waals surface area contributed by atoms with E-state index in [-0.39, 0.29) is 24.3 Å². The average molecular weight is 325 g/mol. The van der Waals surface area contributed by atoms with Crippen LogP contribution >= 0.6 is 0 Å². The summed E-state index contributed by atoms with van der Waals surface area (Å²) in [5, 5.41) is 3.73. The molecule has 1 aromatic carbocycles. The van der Waals surface area contributed by atoms with Crippen molar-refractivity contribution in [2.24, 2.45) is 0 Å². The zero-order valence-corrected chi connectivity index (χ0v) is 14.1. The fraction of sp³-hybridized carbons (Fsp3) is 0.389. The van der Waals surface area contributed by atoms with Crippen LogP contribution < -0.4 is 5.32 Å². The van der Waals surface area contributed by atoms with Crippen LogP contribution in [-0.2, 0) is 15.1 Å². The van der Waals surface area contributed by atoms with E-state index in [9.17, 15) is 14.4 Å². The smallest absolute Gasteiger partial charge is 0.318 e. The van der Waals surface area contributed by atoms with Gasteiger partial charge in [-0.05, 0) is 33.8 Å². The molecule has 0 radical (unpaired) electrons. The number of aryl methyl sites for hydroxylation is 1. The molecular formula is C18H19N3O3. The number of rotatable bonds is 0. The van der Waals surface area contributed by atoms with Crippen molar-refractivity contribution >= 4 is 28.7 Å². The number of amides is 3. The second-order valence-electron chi connectivity index (χ2n) is 7.58. The predicted octanol–water partition coefficient (Wildman–Crippen LogP) is 2.27. The van der Waals surface area contributed by atoms with Crippen molar-refractivity contribution in [1.82, 2.24) is 14.8 Å². The number of benzene rings is 1. The van der Waals surface area contributed by atoms with E-state index in [0.29, 0.717) is 5.56 Å². The Morgan fingerprint density at radius 1 is 1.17 bits per heavy atom. The highest BCUT2D eigenvalue weighted by molar-refractivity contribution is 6.14. The van der Waals surface area contributed by atoms with Gasteiger partial charge in [-0.1, -0.05) is 18.2 Å². The van der Waals surface area contributed by atoms with E-state index in [1.165, 1.54) is 4.90 Å². The van der Waals surface area contributed by atoms with Crippen LogP contribution in [-0.4, -0.2) is 32.9 Å². The highest BCUT2D eigenvalue weighted by Crippen LogP contribution is 2.43. The van der Waals surface area contributed by atoms with Gasteiger partial charge in [-0.25, -0.2) is 4.79 Å². The van der Waals surface area contributed by atoms with E-state index in [0.717, 1.165) is 16.6 Å². The monoisotopic (exact) mass is 325 g/mol. The number of hydrogen-bond acceptors (Lipinski definition) is 3. The second-order valence-corrected chi connectivity index (χ2v) is 7.58. The number of fused-ring (bicyclic) bond motifs is 1. The van der Waals surface area contributed by atoms with E-state index in [1.807, 2.05) is 52.0 Å². The third-order valence-electron chi connectivity index (χ3n) is 4.90. The van der Waals surface area contributed by atoms with Crippen LogP contribution in [0.5, 0.6) is 0 Å². The molecule has 6 heteroatoms. The number of hydrogen-bond donors (Lipinski definition) is 1. The Balaban J connectivity index is 2.02. The molecule has 1 aromatic heterocycles. The molecule has 1 atom stereocenters. The Morgan fingerprint density at radius 2 is 1.88 bits per heavy atom. The lowest BCUT2D eigenvalue weighted by Gasteiger charge is -2.36. The van der Waals surface area contributed by atoms with Gasteiger partial charge in [0, 0.05) is 22.2 Å². The average Bonchev–Trinajstić information content (AvgIpc) is 2.91. The number of para-hydroxylation sites is 1. The lowest BCUT2D eigenvalue weighted by Crippen LogP contribution is -2.57. The van der Waals surface area contributed by atoms with E-state index in [4.69, 9.17) is 0 Å². The van der Waals surface area contributed by atoms with Crippen LogP contribution in [0.1, 0.15) is 38.4 Å². The molecule has 2 aliphatic heterocycles. The van der Waals surface area contributed by atoms with Gasteiger partial charge in [-0.3, -0.25) is 19.1 Å². The van der Waals surface area contributed by atoms with Crippen molar-refractivity contribution in [3.8, 4) is 0 Å². The van der Waals surface area contributed by atoms with Gasteiger partial charge in [0.2, 0.25) is 5.91 Å². The van der Waals surface area contributed by atoms with E-state index in [2.05, 4.69) is 5.32 Å². The fourth-order valence-corrected chi connectivity index (χ4v) is 3.98. The molecule has 4 rings (SSSR count). The van der Waals surface area contributed by atoms with Crippen molar-refractivity contribution in [3.63, 3.8) is 0 Å². The van der Waals surface area contributed by atoms with Crippen molar-refractivity contribution in [2.45, 2.75) is 45.2 Å². The van der Waals surface area contributed by atoms with Crippen molar-refractivity contribution in [3.05, 3.63) is 35.5 Å². The van der Waals surface area contributed by atoms with Gasteiger partial charge in [0.25, 0.3) is 5.91 Å². The van der Waals surface area contributed by atoms with Crippen molar-refractivity contribution in [1.29, 1.82) is 0 Å². The number of aromatic nitrogens is 1. The number of likely N-dealkylation sites (tertiary alicyclic amines) is 1. The summed E-state index contributed by atoms with van der Waals surface area (Å²) in [6.45, 7) is 7.31. The van der Waals surface area contributed by atoms with Gasteiger partial charge >= 0.3 is 6.03 Å². The molecule has 3 heterocycles. The topological polar surface area (TPSA) is 71.4 Å². The molecule has 1 saturated heterocycles. The molecule has 0 saturated carbocycles. The maximum absolute atomic E-state index is 13.2. The van der Waals surface area contributed by atoms with Crippen LogP contribution in [0.3, 0.4) is 0 Å². The summed E-state index contributed by atoms with van der Waals surface area (Å²) in [6, 6.07) is 7.16. The third-order valence-corrected chi connectivity index (χ3v) is 4.90. The molecule has 0 bridgehead atoms. The largest absolute Gasteiger partial charge is 0.327 e. The standard InChI is InChI=1S/C18H19N3O3/c1-10-8-11-6-5-7-12-14(11)20(10)16(24)19-18(12)9-13(22)21(15(18)23)17(2,3)4/h5-8H,9H2,1-4H3,(H,19,24). The number of imide groups is 1. The quantitative estimate of drug-likeness (QED) is 0.755. The zero-order valence-electron chi connectivity index (χ0n) is 14.1. The maximum atomic E-state index is 13.2. The van der Waals surface area contributed by atoms with Crippen LogP contribution in [0.4, 0.5) is 4.79 Å². The van der Waals surface area contributed by atoms with Gasteiger partial charge in [0.05, 0.1) is 11.9 Å². The summed E-state index contributed by atoms with van der Waals surface area (Å²) < 4.78 is 1.58. The number of nitrogens with zero attached hydrogens (tertiary/aromatic N) is 2. The van der Waals surface area contributed by atoms with Gasteiger partial charge in [-0.2, -0.15) is 0 Å². The minimum Gasteiger partial charge on any atom is -0.318 e. The van der Waals surface area contributed by atoms with E-state index < -0.39 is 11.1 Å². The minimum absolute atomic E-state index is 0.0435. The van der Waals surface area contributed by atoms with Gasteiger partial charge in [-0.15, -0.1) is 0 Å². The zero-order chi connectivity index (χ0) is 17.4. The SMILES string of the molecule is Cc1cc2cccc3c2n1C(=O)NC31CC(=O)N(C(C)(C)C)C1=O.